The summed E-state index contributed by atoms with van der Waals surface area (Å²) in [6, 6.07) is -10.4. The summed E-state index contributed by atoms with van der Waals surface area (Å²) < 4.78 is 141. The van der Waals surface area contributed by atoms with Gasteiger partial charge >= 0.3 is 0 Å². The SMILES string of the molecule is CC(=O)N[C@H]1[C@H](O[C@H]2[C@H](O)[C@@H](NC(C)=O)C(O)O[C@@H]2CO[C@@H]2O[C@@H](C)[C@@H](O)[C@@H](O)[C@@H]2O)O[C@H](CO)[C@@H](O[C@@H]2O[C@H](CO[C@H]3O[C@H](CO[C@H]4O[C@H](CO)[C@@H](O)[C@H](O)[C@@H]4O)[C@@H](O)[C@H](O[C@H]4O[C@H](CO)[C@@H](O)[C@H](O)[C@@H]4O)[C@@H]3O)[C@@H](O[C@@H]3O[C@H](CO)[C@@H](O)[C@H](O)[C@H]3NC(C)=O)[C@H](O[C@H]3O[C@H](CO)[C@@H](O[C@@H]4O[C@H](CO)[C@@H](O)[C@H](O)[C@H]4NC(C)=O)[C@H](O)[C@@H]3O[C@@H]3O[C@H](CO)[C@@H](O[C@@H]4O[C@H](CO)[C@H](O)[C@H](O)[C@H]4O)[C@H](O)[C@H]3NC(C)=O)[C@@H]2O)[C@@H]1O. The molecule has 0 aromatic carbocycles. The Labute approximate surface area is 832 Å². The smallest absolute Gasteiger partial charge is 0.217 e. The number of hydrogen-bond donors (Lipinski definition) is 37. The van der Waals surface area contributed by atoms with Gasteiger partial charge in [0.15, 0.2) is 75.5 Å². The summed E-state index contributed by atoms with van der Waals surface area (Å²) >= 11 is 0. The van der Waals surface area contributed by atoms with Crippen LogP contribution >= 0.6 is 0 Å². The Hall–Kier alpha value is -4.85. The molecular formula is C82H137N5O60. The number of rotatable bonds is 38. The van der Waals surface area contributed by atoms with Crippen molar-refractivity contribution >= 4 is 29.5 Å². The van der Waals surface area contributed by atoms with Crippen LogP contribution in [0, 0.1) is 0 Å². The predicted molar refractivity (Wildman–Crippen MR) is 452 cm³/mol. The van der Waals surface area contributed by atoms with E-state index >= 15 is 0 Å². The van der Waals surface area contributed by atoms with Crippen LogP contribution in [0.1, 0.15) is 41.5 Å². The Morgan fingerprint density at radius 2 is 0.429 bits per heavy atom. The van der Waals surface area contributed by atoms with E-state index in [-0.39, 0.29) is 0 Å². The topological polar surface area (TPSA) is 1010 Å². The van der Waals surface area contributed by atoms with E-state index in [0.717, 1.165) is 34.6 Å². The van der Waals surface area contributed by atoms with E-state index in [1.807, 2.05) is 0 Å². The largest absolute Gasteiger partial charge is 0.394 e. The average molecular weight is 2150 g/mol. The highest BCUT2D eigenvalue weighted by atomic mass is 16.8. The van der Waals surface area contributed by atoms with Gasteiger partial charge in [-0.2, -0.15) is 0 Å². The van der Waals surface area contributed by atoms with Crippen LogP contribution < -0.4 is 26.6 Å². The number of carbonyl (C=O) groups excluding carboxylic acids is 5. The van der Waals surface area contributed by atoms with Crippen molar-refractivity contribution in [3.8, 4) is 0 Å². The first-order chi connectivity index (χ1) is 69.5. The van der Waals surface area contributed by atoms with Gasteiger partial charge in [0.1, 0.15) is 287 Å². The summed E-state index contributed by atoms with van der Waals surface area (Å²) in [7, 11) is 0. The van der Waals surface area contributed by atoms with Gasteiger partial charge in [0.05, 0.1) is 78.8 Å². The average Bonchev–Trinajstić information content (AvgIpc) is 0.751. The number of aliphatic hydroxyl groups is 32. The molecule has 12 saturated heterocycles. The second-order valence-electron chi connectivity index (χ2n) is 37.4. The molecule has 147 heavy (non-hydrogen) atoms. The van der Waals surface area contributed by atoms with E-state index in [1.54, 1.807) is 0 Å². The fourth-order valence-electron chi connectivity index (χ4n) is 19.1. The lowest BCUT2D eigenvalue weighted by molar-refractivity contribution is -0.413. The van der Waals surface area contributed by atoms with Gasteiger partial charge in [-0.15, -0.1) is 0 Å². The predicted octanol–water partition coefficient (Wildman–Crippen LogP) is -25.4. The van der Waals surface area contributed by atoms with Gasteiger partial charge in [0, 0.05) is 34.6 Å². The molecule has 37 N–H and O–H groups in total. The number of aliphatic hydroxyl groups excluding tert-OH is 32. The first kappa shape index (κ1) is 121. The van der Waals surface area contributed by atoms with Crippen LogP contribution in [0.15, 0.2) is 0 Å². The molecule has 60 atom stereocenters. The summed E-state index contributed by atoms with van der Waals surface area (Å²) in [4.78, 5) is 66.3. The van der Waals surface area contributed by atoms with Crippen LogP contribution in [0.4, 0.5) is 0 Å². The van der Waals surface area contributed by atoms with Crippen molar-refractivity contribution in [3.05, 3.63) is 0 Å². The fraction of sp³-hybridized carbons (Fsp3) is 0.939. The van der Waals surface area contributed by atoms with Crippen LogP contribution in [0.25, 0.3) is 0 Å². The molecule has 0 aromatic rings. The van der Waals surface area contributed by atoms with E-state index in [9.17, 15) is 187 Å². The Bertz CT molecular complexity index is 4110. The lowest BCUT2D eigenvalue weighted by Gasteiger charge is -2.53. The highest BCUT2D eigenvalue weighted by molar-refractivity contribution is 5.75. The molecule has 65 heteroatoms. The molecule has 1 unspecified atom stereocenters. The third kappa shape index (κ3) is 27.0. The van der Waals surface area contributed by atoms with Crippen molar-refractivity contribution in [2.24, 2.45) is 0 Å². The van der Waals surface area contributed by atoms with E-state index in [2.05, 4.69) is 26.6 Å². The Morgan fingerprint density at radius 1 is 0.190 bits per heavy atom. The first-order valence-corrected chi connectivity index (χ1v) is 47.0. The molecule has 0 spiro atoms. The van der Waals surface area contributed by atoms with Gasteiger partial charge in [-0.25, -0.2) is 0 Å². The molecule has 0 bridgehead atoms. The molecule has 12 rings (SSSR count). The van der Waals surface area contributed by atoms with Gasteiger partial charge < -0.3 is 299 Å². The zero-order valence-corrected chi connectivity index (χ0v) is 79.2. The maximum Gasteiger partial charge on any atom is 0.217 e. The fourth-order valence-corrected chi connectivity index (χ4v) is 19.1. The number of ether oxygens (including phenoxy) is 23. The third-order valence-electron chi connectivity index (χ3n) is 27.0. The molecule has 0 aliphatic carbocycles. The molecule has 5 amide bonds. The molecule has 0 aromatic heterocycles. The van der Waals surface area contributed by atoms with E-state index in [4.69, 9.17) is 109 Å². The molecular weight excluding hydrogens is 2010 g/mol. The van der Waals surface area contributed by atoms with Gasteiger partial charge in [0.2, 0.25) is 29.5 Å². The molecule has 0 saturated carbocycles. The minimum absolute atomic E-state index is 0.846. The highest BCUT2D eigenvalue weighted by Gasteiger charge is 2.64. The summed E-state index contributed by atoms with van der Waals surface area (Å²) in [5.74, 6) is -5.16. The van der Waals surface area contributed by atoms with Crippen molar-refractivity contribution < 1.29 is 296 Å². The van der Waals surface area contributed by atoms with E-state index in [1.165, 1.54) is 6.92 Å². The van der Waals surface area contributed by atoms with Crippen LogP contribution in [-0.4, -0.2) is 634 Å². The van der Waals surface area contributed by atoms with E-state index in [0.29, 0.717) is 0 Å². The first-order valence-electron chi connectivity index (χ1n) is 47.0. The molecule has 65 nitrogen and oxygen atoms in total. The van der Waals surface area contributed by atoms with Crippen LogP contribution in [0.5, 0.6) is 0 Å². The van der Waals surface area contributed by atoms with Crippen LogP contribution in [0.2, 0.25) is 0 Å². The zero-order valence-electron chi connectivity index (χ0n) is 79.2. The van der Waals surface area contributed by atoms with Gasteiger partial charge in [0.25, 0.3) is 0 Å². The highest BCUT2D eigenvalue weighted by Crippen LogP contribution is 2.43. The second-order valence-corrected chi connectivity index (χ2v) is 37.4. The normalized spacial score (nSPS) is 49.6. The molecule has 850 valence electrons. The van der Waals surface area contributed by atoms with Crippen LogP contribution in [-0.2, 0) is 133 Å². The molecule has 0 radical (unpaired) electrons. The molecule has 12 aliphatic heterocycles. The Kier molecular flexibility index (Phi) is 43.4. The quantitative estimate of drug-likeness (QED) is 0.0273. The van der Waals surface area contributed by atoms with Crippen molar-refractivity contribution in [3.63, 3.8) is 0 Å². The van der Waals surface area contributed by atoms with Gasteiger partial charge in [-0.05, 0) is 6.92 Å². The molecule has 12 fully saturated rings. The number of amides is 5. The third-order valence-corrected chi connectivity index (χ3v) is 27.0. The zero-order chi connectivity index (χ0) is 108. The summed E-state index contributed by atoms with van der Waals surface area (Å²) in [5, 5.41) is 376. The Morgan fingerprint density at radius 3 is 0.823 bits per heavy atom. The van der Waals surface area contributed by atoms with E-state index < -0.39 is 470 Å². The Balaban J connectivity index is 1.01. The van der Waals surface area contributed by atoms with Crippen molar-refractivity contribution in [1.82, 2.24) is 26.6 Å². The van der Waals surface area contributed by atoms with Gasteiger partial charge in [-0.3, -0.25) is 24.0 Å². The summed E-state index contributed by atoms with van der Waals surface area (Å²) in [6.45, 7) is -7.69. The summed E-state index contributed by atoms with van der Waals surface area (Å²) in [5.41, 5.74) is 0. The number of hydrogen-bond acceptors (Lipinski definition) is 60. The molecule has 12 heterocycles. The lowest BCUT2D eigenvalue weighted by Crippen LogP contribution is -2.72. The molecule has 12 aliphatic rings. The monoisotopic (exact) mass is 2150 g/mol. The van der Waals surface area contributed by atoms with Crippen molar-refractivity contribution in [2.45, 2.75) is 410 Å². The van der Waals surface area contributed by atoms with Gasteiger partial charge in [-0.1, -0.05) is 0 Å². The maximum absolute atomic E-state index is 13.8. The standard InChI is InChI=1S/C82H137N5O60/c1-18-40(101)52(113)56(117)76(128-18)126-16-33-66(49(110)35(71(124)129-33)83-19(2)96)141-74-38(86-22(5)99)50(111)64(30(13-94)135-74)143-81-62(123)69(146-82-70(60(121)65(31(14-95)137-82)140-72-36(84-20(3)97)47(108)41(102)24(7-88)130-72)147-75-39(87-23(6)100)51(112)63(29(12-93)136-75)142-79-58(119)54(115)44(105)27(10-91)133-79)67(144-73-37(85-21(4)98)48(109)42(103)25(8-89)131-73)34(139-81)17-127-78-61(122)68(145-80-59(120)55(116)45(106)28(11-92)134-80)46(107)32(138-78)15-125-77-57(118)53(114)43(104)26(9-90)132-77/h18,24-82,88-95,101-124H,7-17H2,1-6H3,(H,83,96)(H,84,97)(H,85,98)(H,86,99)(H,87,100)/t18-,24+,25+,26+,27+,28+,29+,30+,31+,32+,33+,34+,35+,36+,37+,38+,39+,40+,41+,42+,43+,44-,45+,46+,47+,48+,49+,50+,51+,52+,53-,54-,55-,56-,57-,58+,59-,60-,61-,62-,63+,64+,65+,66+,67+,68-,69+,70-,71?,72-,73-,74-,75-,76+,77-,78-,79-,80+,81-,82+/m0/s1. The summed E-state index contributed by atoms with van der Waals surface area (Å²) in [6.07, 6.45) is -123. The lowest BCUT2D eigenvalue weighted by atomic mass is 9.93. The van der Waals surface area contributed by atoms with Crippen molar-refractivity contribution in [2.75, 3.05) is 72.7 Å². The second kappa shape index (κ2) is 52.8. The minimum atomic E-state index is -2.95. The number of nitrogens with one attached hydrogen (secondary N) is 5. The minimum Gasteiger partial charge on any atom is -0.394 e. The van der Waals surface area contributed by atoms with Crippen molar-refractivity contribution in [1.29, 1.82) is 0 Å². The van der Waals surface area contributed by atoms with Crippen LogP contribution in [0.3, 0.4) is 0 Å². The maximum atomic E-state index is 13.8. The number of carbonyl (C=O) groups is 5.